The lowest BCUT2D eigenvalue weighted by molar-refractivity contribution is 0.278. The lowest BCUT2D eigenvalue weighted by Crippen LogP contribution is -2.24. The van der Waals surface area contributed by atoms with Gasteiger partial charge < -0.3 is 10.1 Å². The Bertz CT molecular complexity index is 1040. The Morgan fingerprint density at radius 3 is 2.93 bits per heavy atom. The van der Waals surface area contributed by atoms with Gasteiger partial charge in [0.15, 0.2) is 0 Å². The molecule has 28 heavy (non-hydrogen) atoms. The summed E-state index contributed by atoms with van der Waals surface area (Å²) >= 11 is 0. The van der Waals surface area contributed by atoms with Crippen molar-refractivity contribution in [1.82, 2.24) is 24.5 Å². The fourth-order valence-corrected chi connectivity index (χ4v) is 3.30. The number of nitrogens with one attached hydrogen (secondary N) is 1. The Balaban J connectivity index is 1.38. The topological polar surface area (TPSA) is 86.9 Å². The van der Waals surface area contributed by atoms with Gasteiger partial charge in [-0.05, 0) is 25.5 Å². The highest BCUT2D eigenvalue weighted by Crippen LogP contribution is 2.46. The van der Waals surface area contributed by atoms with Crippen LogP contribution in [0, 0.1) is 12.8 Å². The fourth-order valence-electron chi connectivity index (χ4n) is 3.30. The average molecular weight is 380 g/mol. The molecule has 3 aromatic heterocycles. The molecule has 1 fully saturated rings. The minimum atomic E-state index is -0.190. The Morgan fingerprint density at radius 1 is 1.32 bits per heavy atom. The molecular weight excluding hydrogens is 356 g/mol. The number of hydrogen-bond donors (Lipinski definition) is 1. The third-order valence-corrected chi connectivity index (χ3v) is 4.94. The summed E-state index contributed by atoms with van der Waals surface area (Å²) in [5.74, 6) is 1.31. The zero-order valence-corrected chi connectivity index (χ0v) is 16.3. The monoisotopic (exact) mass is 380 g/mol. The molecule has 0 aliphatic heterocycles. The van der Waals surface area contributed by atoms with E-state index in [1.54, 1.807) is 24.0 Å². The molecule has 1 unspecified atom stereocenters. The average Bonchev–Trinajstić information content (AvgIpc) is 3.34. The molecule has 0 spiro atoms. The van der Waals surface area contributed by atoms with Gasteiger partial charge in [0.25, 0.3) is 5.56 Å². The largest absolute Gasteiger partial charge is 0.476 e. The SMILES string of the molecule is Cc1cccc([C@@H]2CC2COc2cc(NCc3cnn(C)c3)c(=O)n(C)n2)n1. The van der Waals surface area contributed by atoms with E-state index in [9.17, 15) is 4.79 Å². The normalized spacial score (nSPS) is 18.1. The predicted molar refractivity (Wildman–Crippen MR) is 105 cm³/mol. The number of pyridine rings is 1. The van der Waals surface area contributed by atoms with Crippen LogP contribution in [0.15, 0.2) is 41.5 Å². The maximum Gasteiger partial charge on any atom is 0.290 e. The van der Waals surface area contributed by atoms with Crippen molar-refractivity contribution >= 4 is 5.69 Å². The lowest BCUT2D eigenvalue weighted by Gasteiger charge is -2.10. The third kappa shape index (κ3) is 4.05. The number of aromatic nitrogens is 5. The van der Waals surface area contributed by atoms with E-state index in [4.69, 9.17) is 4.74 Å². The number of anilines is 1. The quantitative estimate of drug-likeness (QED) is 0.675. The number of hydrogen-bond acceptors (Lipinski definition) is 6. The van der Waals surface area contributed by atoms with Gasteiger partial charge in [0.2, 0.25) is 5.88 Å². The zero-order chi connectivity index (χ0) is 19.7. The van der Waals surface area contributed by atoms with Gasteiger partial charge in [-0.1, -0.05) is 6.07 Å². The second-order valence-corrected chi connectivity index (χ2v) is 7.32. The van der Waals surface area contributed by atoms with Gasteiger partial charge in [-0.25, -0.2) is 4.68 Å². The smallest absolute Gasteiger partial charge is 0.290 e. The van der Waals surface area contributed by atoms with Crippen LogP contribution in [0.25, 0.3) is 0 Å². The van der Waals surface area contributed by atoms with Gasteiger partial charge in [0.05, 0.1) is 12.8 Å². The molecule has 1 aliphatic carbocycles. The highest BCUT2D eigenvalue weighted by Gasteiger charge is 2.40. The molecule has 2 atom stereocenters. The first kappa shape index (κ1) is 18.2. The standard InChI is InChI=1S/C20H24N6O2/c1-13-5-4-6-17(23-13)16-7-15(16)12-28-19-8-18(20(27)26(3)24-19)21-9-14-10-22-25(2)11-14/h4-6,8,10-11,15-16,21H,7,9,12H2,1-3H3/t15?,16-/m1/s1. The first-order valence-electron chi connectivity index (χ1n) is 9.35. The summed E-state index contributed by atoms with van der Waals surface area (Å²) in [6.45, 7) is 3.08. The van der Waals surface area contributed by atoms with E-state index in [1.165, 1.54) is 4.68 Å². The zero-order valence-electron chi connectivity index (χ0n) is 16.3. The number of nitrogens with zero attached hydrogens (tertiary/aromatic N) is 5. The summed E-state index contributed by atoms with van der Waals surface area (Å²) in [7, 11) is 3.49. The number of ether oxygens (including phenoxy) is 1. The van der Waals surface area contributed by atoms with Crippen LogP contribution < -0.4 is 15.6 Å². The van der Waals surface area contributed by atoms with E-state index in [0.29, 0.717) is 36.6 Å². The second-order valence-electron chi connectivity index (χ2n) is 7.32. The van der Waals surface area contributed by atoms with Crippen LogP contribution >= 0.6 is 0 Å². The number of rotatable bonds is 7. The molecule has 3 heterocycles. The minimum absolute atomic E-state index is 0.190. The molecule has 1 saturated carbocycles. The van der Waals surface area contributed by atoms with E-state index < -0.39 is 0 Å². The minimum Gasteiger partial charge on any atom is -0.476 e. The molecule has 8 nitrogen and oxygen atoms in total. The van der Waals surface area contributed by atoms with Crippen LogP contribution in [0.5, 0.6) is 5.88 Å². The van der Waals surface area contributed by atoms with Crippen molar-refractivity contribution in [3.05, 3.63) is 64.0 Å². The molecule has 146 valence electrons. The van der Waals surface area contributed by atoms with Crippen molar-refractivity contribution in [3.8, 4) is 5.88 Å². The van der Waals surface area contributed by atoms with Gasteiger partial charge in [-0.15, -0.1) is 5.10 Å². The number of aryl methyl sites for hydroxylation is 3. The van der Waals surface area contributed by atoms with Gasteiger partial charge in [-0.3, -0.25) is 14.5 Å². The summed E-state index contributed by atoms with van der Waals surface area (Å²) in [5.41, 5.74) is 3.43. The first-order valence-corrected chi connectivity index (χ1v) is 9.35. The molecule has 1 aliphatic rings. The highest BCUT2D eigenvalue weighted by molar-refractivity contribution is 5.43. The van der Waals surface area contributed by atoms with E-state index >= 15 is 0 Å². The maximum absolute atomic E-state index is 12.3. The summed E-state index contributed by atoms with van der Waals surface area (Å²) in [6, 6.07) is 7.79. The van der Waals surface area contributed by atoms with Crippen LogP contribution in [0.2, 0.25) is 0 Å². The van der Waals surface area contributed by atoms with E-state index in [1.807, 2.05) is 32.3 Å². The highest BCUT2D eigenvalue weighted by atomic mass is 16.5. The molecule has 0 bridgehead atoms. The fraction of sp³-hybridized carbons (Fsp3) is 0.400. The van der Waals surface area contributed by atoms with E-state index in [0.717, 1.165) is 23.4 Å². The van der Waals surface area contributed by atoms with Crippen molar-refractivity contribution in [1.29, 1.82) is 0 Å². The van der Waals surface area contributed by atoms with Crippen molar-refractivity contribution < 1.29 is 4.74 Å². The van der Waals surface area contributed by atoms with Crippen molar-refractivity contribution in [2.24, 2.45) is 20.0 Å². The Kier molecular flexibility index (Phi) is 4.85. The van der Waals surface area contributed by atoms with E-state index in [2.05, 4.69) is 26.6 Å². The first-order chi connectivity index (χ1) is 13.5. The van der Waals surface area contributed by atoms with E-state index in [-0.39, 0.29) is 5.56 Å². The predicted octanol–water partition coefficient (Wildman–Crippen LogP) is 2.01. The Hall–Kier alpha value is -3.16. The van der Waals surface area contributed by atoms with Crippen LogP contribution in [0.3, 0.4) is 0 Å². The van der Waals surface area contributed by atoms with Gasteiger partial charge >= 0.3 is 0 Å². The van der Waals surface area contributed by atoms with Gasteiger partial charge in [-0.2, -0.15) is 5.10 Å². The van der Waals surface area contributed by atoms with Crippen molar-refractivity contribution in [3.63, 3.8) is 0 Å². The molecule has 1 N–H and O–H groups in total. The van der Waals surface area contributed by atoms with Crippen LogP contribution in [0.1, 0.15) is 29.3 Å². The maximum atomic E-state index is 12.3. The lowest BCUT2D eigenvalue weighted by atomic mass is 10.2. The van der Waals surface area contributed by atoms with Crippen LogP contribution in [-0.4, -0.2) is 31.2 Å². The molecule has 0 radical (unpaired) electrons. The molecule has 0 saturated heterocycles. The van der Waals surface area contributed by atoms with Crippen molar-refractivity contribution in [2.75, 3.05) is 11.9 Å². The molecule has 4 rings (SSSR count). The Morgan fingerprint density at radius 2 is 2.18 bits per heavy atom. The van der Waals surface area contributed by atoms with Gasteiger partial charge in [0.1, 0.15) is 5.69 Å². The summed E-state index contributed by atoms with van der Waals surface area (Å²) in [4.78, 5) is 16.9. The third-order valence-electron chi connectivity index (χ3n) is 4.94. The molecule has 3 aromatic rings. The van der Waals surface area contributed by atoms with Gasteiger partial charge in [0, 0.05) is 61.7 Å². The summed E-state index contributed by atoms with van der Waals surface area (Å²) in [5, 5.41) is 11.5. The molecule has 8 heteroatoms. The van der Waals surface area contributed by atoms with Crippen LogP contribution in [-0.2, 0) is 20.6 Å². The van der Waals surface area contributed by atoms with Crippen LogP contribution in [0.4, 0.5) is 5.69 Å². The van der Waals surface area contributed by atoms with Crippen molar-refractivity contribution in [2.45, 2.75) is 25.8 Å². The Labute approximate surface area is 163 Å². The molecular formula is C20H24N6O2. The summed E-state index contributed by atoms with van der Waals surface area (Å²) in [6.07, 6.45) is 4.74. The molecule has 0 aromatic carbocycles. The second kappa shape index (κ2) is 7.46. The summed E-state index contributed by atoms with van der Waals surface area (Å²) < 4.78 is 8.92. The molecule has 0 amide bonds.